The van der Waals surface area contributed by atoms with Crippen LogP contribution in [0, 0.1) is 0 Å². The molecule has 0 bridgehead atoms. The molecule has 0 aromatic rings. The van der Waals surface area contributed by atoms with Crippen molar-refractivity contribution in [1.82, 2.24) is 4.90 Å². The van der Waals surface area contributed by atoms with Gasteiger partial charge in [-0.25, -0.2) is 0 Å². The van der Waals surface area contributed by atoms with Gasteiger partial charge in [0.1, 0.15) is 0 Å². The third-order valence-electron chi connectivity index (χ3n) is 1.34. The second-order valence-electron chi connectivity index (χ2n) is 1.82. The number of rotatable bonds is 4. The summed E-state index contributed by atoms with van der Waals surface area (Å²) in [4.78, 5) is 2.31. The van der Waals surface area contributed by atoms with Gasteiger partial charge in [0.15, 0.2) is 0 Å². The fourth-order valence-corrected chi connectivity index (χ4v) is 0.722. The maximum atomic E-state index is 5.34. The predicted octanol–water partition coefficient (Wildman–Crippen LogP) is -0.894. The van der Waals surface area contributed by atoms with Gasteiger partial charge in [-0.1, -0.05) is 13.8 Å². The fraction of sp³-hybridized carbons (Fsp3) is 1.00. The zero-order valence-corrected chi connectivity index (χ0v) is 7.01. The highest BCUT2D eigenvalue weighted by molar-refractivity contribution is 4.50. The van der Waals surface area contributed by atoms with E-state index in [-0.39, 0.29) is 0 Å². The lowest BCUT2D eigenvalue weighted by atomic mass is 10.5. The van der Waals surface area contributed by atoms with Crippen molar-refractivity contribution in [3.8, 4) is 0 Å². The molecule has 0 fully saturated rings. The summed E-state index contributed by atoms with van der Waals surface area (Å²) in [5.41, 5.74) is 5.34. The Morgan fingerprint density at radius 3 is 1.60 bits per heavy atom. The number of hydrogen-bond donors (Lipinski definition) is 3. The van der Waals surface area contributed by atoms with Gasteiger partial charge in [-0.2, -0.15) is 0 Å². The first-order valence-electron chi connectivity index (χ1n) is 3.60. The molecule has 0 saturated heterocycles. The third-order valence-corrected chi connectivity index (χ3v) is 1.34. The molecule has 0 aromatic heterocycles. The molecule has 0 unspecified atom stereocenters. The minimum atomic E-state index is 0.779. The van der Waals surface area contributed by atoms with E-state index in [1.54, 1.807) is 0 Å². The molecule has 0 aliphatic heterocycles. The maximum absolute atomic E-state index is 5.34. The van der Waals surface area contributed by atoms with E-state index in [0.717, 1.165) is 26.2 Å². The molecule has 10 heavy (non-hydrogen) atoms. The summed E-state index contributed by atoms with van der Waals surface area (Å²) in [6.45, 7) is 8.36. The molecule has 0 aliphatic rings. The van der Waals surface area contributed by atoms with Crippen molar-refractivity contribution >= 4 is 0 Å². The fourth-order valence-electron chi connectivity index (χ4n) is 0.722. The van der Waals surface area contributed by atoms with Crippen LogP contribution >= 0.6 is 0 Å². The van der Waals surface area contributed by atoms with Gasteiger partial charge in [0.05, 0.1) is 0 Å². The zero-order chi connectivity index (χ0) is 8.41. The van der Waals surface area contributed by atoms with Crippen LogP contribution in [-0.4, -0.2) is 31.1 Å². The Kier molecular flexibility index (Phi) is 14.5. The molecule has 0 aliphatic carbocycles. The molecule has 0 spiro atoms. The zero-order valence-electron chi connectivity index (χ0n) is 7.01. The number of nitrogens with two attached hydrogens (primary N) is 3. The summed E-state index contributed by atoms with van der Waals surface area (Å²) in [5.74, 6) is 8.00. The van der Waals surface area contributed by atoms with E-state index >= 15 is 0 Å². The van der Waals surface area contributed by atoms with Crippen molar-refractivity contribution in [1.29, 1.82) is 0 Å². The third kappa shape index (κ3) is 7.84. The largest absolute Gasteiger partial charge is 0.329 e. The summed E-state index contributed by atoms with van der Waals surface area (Å²) in [7, 11) is 0. The highest BCUT2D eigenvalue weighted by Gasteiger charge is 1.92. The second kappa shape index (κ2) is 11.6. The first-order chi connectivity index (χ1) is 4.85. The average molecular weight is 148 g/mol. The maximum Gasteiger partial charge on any atom is 0.0104 e. The van der Waals surface area contributed by atoms with E-state index in [4.69, 9.17) is 5.73 Å². The van der Waals surface area contributed by atoms with Gasteiger partial charge in [0, 0.05) is 13.1 Å². The van der Waals surface area contributed by atoms with Gasteiger partial charge in [-0.3, -0.25) is 11.7 Å². The van der Waals surface area contributed by atoms with Crippen LogP contribution in [-0.2, 0) is 0 Å². The first-order valence-corrected chi connectivity index (χ1v) is 3.60. The molecule has 0 saturated carbocycles. The smallest absolute Gasteiger partial charge is 0.0104 e. The first kappa shape index (κ1) is 12.5. The molecule has 0 heterocycles. The molecule has 0 radical (unpaired) electrons. The van der Waals surface area contributed by atoms with Crippen LogP contribution in [0.15, 0.2) is 0 Å². The minimum Gasteiger partial charge on any atom is -0.329 e. The lowest BCUT2D eigenvalue weighted by molar-refractivity contribution is 0.312. The normalized spacial score (nSPS) is 9.00. The van der Waals surface area contributed by atoms with Gasteiger partial charge < -0.3 is 10.6 Å². The summed E-state index contributed by atoms with van der Waals surface area (Å²) in [6.07, 6.45) is 0. The van der Waals surface area contributed by atoms with Crippen molar-refractivity contribution in [3.05, 3.63) is 0 Å². The lowest BCUT2D eigenvalue weighted by Crippen LogP contribution is -2.28. The summed E-state index contributed by atoms with van der Waals surface area (Å²) in [5, 5.41) is 0. The Morgan fingerprint density at radius 1 is 1.10 bits per heavy atom. The van der Waals surface area contributed by atoms with Crippen molar-refractivity contribution < 1.29 is 0 Å². The van der Waals surface area contributed by atoms with E-state index in [1.165, 1.54) is 0 Å². The van der Waals surface area contributed by atoms with E-state index in [2.05, 4.69) is 30.4 Å². The van der Waals surface area contributed by atoms with Crippen molar-refractivity contribution in [2.75, 3.05) is 26.2 Å². The number of likely N-dealkylation sites (N-methyl/N-ethyl adjacent to an activating group) is 1. The SMILES string of the molecule is CCN(CC)CCN.NN. The van der Waals surface area contributed by atoms with Crippen molar-refractivity contribution in [2.24, 2.45) is 17.4 Å². The summed E-state index contributed by atoms with van der Waals surface area (Å²) in [6, 6.07) is 0. The predicted molar refractivity (Wildman–Crippen MR) is 45.2 cm³/mol. The van der Waals surface area contributed by atoms with Crippen molar-refractivity contribution in [2.45, 2.75) is 13.8 Å². The standard InChI is InChI=1S/C6H16N2.H4N2/c1-3-8(4-2)6-5-7;1-2/h3-7H2,1-2H3;1-2H2. The van der Waals surface area contributed by atoms with Gasteiger partial charge in [0.2, 0.25) is 0 Å². The molecule has 64 valence electrons. The molecule has 0 aromatic carbocycles. The molecule has 6 N–H and O–H groups in total. The summed E-state index contributed by atoms with van der Waals surface area (Å²) >= 11 is 0. The quantitative estimate of drug-likeness (QED) is 0.357. The average Bonchev–Trinajstić information content (AvgIpc) is 2.04. The van der Waals surface area contributed by atoms with Gasteiger partial charge in [-0.15, -0.1) is 0 Å². The highest BCUT2D eigenvalue weighted by atomic mass is 15.1. The van der Waals surface area contributed by atoms with Crippen LogP contribution in [0.5, 0.6) is 0 Å². The van der Waals surface area contributed by atoms with Crippen LogP contribution in [0.1, 0.15) is 13.8 Å². The molecule has 0 rings (SSSR count). The Balaban J connectivity index is 0. The van der Waals surface area contributed by atoms with Gasteiger partial charge >= 0.3 is 0 Å². The van der Waals surface area contributed by atoms with Crippen LogP contribution in [0.4, 0.5) is 0 Å². The van der Waals surface area contributed by atoms with Gasteiger partial charge in [0.25, 0.3) is 0 Å². The van der Waals surface area contributed by atoms with Crippen LogP contribution < -0.4 is 17.4 Å². The number of nitrogens with zero attached hydrogens (tertiary/aromatic N) is 1. The molecule has 0 amide bonds. The molecular weight excluding hydrogens is 128 g/mol. The molecule has 4 heteroatoms. The molecular formula is C6H20N4. The monoisotopic (exact) mass is 148 g/mol. The van der Waals surface area contributed by atoms with Crippen LogP contribution in [0.2, 0.25) is 0 Å². The van der Waals surface area contributed by atoms with E-state index in [0.29, 0.717) is 0 Å². The molecule has 0 atom stereocenters. The summed E-state index contributed by atoms with van der Waals surface area (Å²) < 4.78 is 0. The number of hydrogen-bond acceptors (Lipinski definition) is 4. The van der Waals surface area contributed by atoms with Crippen LogP contribution in [0.3, 0.4) is 0 Å². The second-order valence-corrected chi connectivity index (χ2v) is 1.82. The molecule has 4 nitrogen and oxygen atoms in total. The van der Waals surface area contributed by atoms with E-state index in [9.17, 15) is 0 Å². The topological polar surface area (TPSA) is 81.3 Å². The Labute approximate surface area is 63.3 Å². The van der Waals surface area contributed by atoms with E-state index in [1.807, 2.05) is 0 Å². The Morgan fingerprint density at radius 2 is 1.50 bits per heavy atom. The van der Waals surface area contributed by atoms with Crippen LogP contribution in [0.25, 0.3) is 0 Å². The highest BCUT2D eigenvalue weighted by Crippen LogP contribution is 1.81. The van der Waals surface area contributed by atoms with Crippen molar-refractivity contribution in [3.63, 3.8) is 0 Å². The minimum absolute atomic E-state index is 0.779. The van der Waals surface area contributed by atoms with E-state index < -0.39 is 0 Å². The van der Waals surface area contributed by atoms with Gasteiger partial charge in [-0.05, 0) is 13.1 Å². The lowest BCUT2D eigenvalue weighted by Gasteiger charge is -2.15. The Hall–Kier alpha value is -0.160. The Bertz CT molecular complexity index is 45.0. The number of hydrazine groups is 1.